The number of hydrogen-bond acceptors (Lipinski definition) is 2. The van der Waals surface area contributed by atoms with Crippen LogP contribution in [0, 0.1) is 0 Å². The summed E-state index contributed by atoms with van der Waals surface area (Å²) in [6, 6.07) is 11.3. The van der Waals surface area contributed by atoms with Crippen molar-refractivity contribution < 1.29 is 0 Å². The molecule has 2 aromatic heterocycles. The Hall–Kier alpha value is -2.42. The van der Waals surface area contributed by atoms with Crippen LogP contribution in [0.5, 0.6) is 0 Å². The van der Waals surface area contributed by atoms with Crippen LogP contribution in [0.1, 0.15) is 0 Å². The molecule has 1 N–H and O–H groups in total. The van der Waals surface area contributed by atoms with Crippen molar-refractivity contribution in [2.45, 2.75) is 0 Å². The second-order valence-corrected chi connectivity index (χ2v) is 4.24. The van der Waals surface area contributed by atoms with E-state index >= 15 is 0 Å². The van der Waals surface area contributed by atoms with E-state index in [1.54, 1.807) is 12.1 Å². The maximum absolute atomic E-state index is 11.8. The van der Waals surface area contributed by atoms with Crippen molar-refractivity contribution in [3.63, 3.8) is 0 Å². The molecule has 0 fully saturated rings. The van der Waals surface area contributed by atoms with Crippen LogP contribution in [-0.4, -0.2) is 4.98 Å². The Morgan fingerprint density at radius 2 is 1.18 bits per heavy atom. The largest absolute Gasteiger partial charge is 0.288 e. The first kappa shape index (κ1) is 8.70. The monoisotopic (exact) mass is 221 g/mol. The molecule has 0 spiro atoms. The fraction of sp³-hybridized carbons (Fsp3) is 0. The molecule has 3 heteroatoms. The van der Waals surface area contributed by atoms with Crippen LogP contribution in [0.25, 0.3) is 33.0 Å². The maximum atomic E-state index is 11.8. The molecule has 3 nitrogen and oxygen atoms in total. The summed E-state index contributed by atoms with van der Waals surface area (Å²) in [6.45, 7) is 0. The van der Waals surface area contributed by atoms with Crippen molar-refractivity contribution >= 4 is 10.8 Å². The van der Waals surface area contributed by atoms with Crippen molar-refractivity contribution in [2.75, 3.05) is 0 Å². The van der Waals surface area contributed by atoms with E-state index < -0.39 is 0 Å². The van der Waals surface area contributed by atoms with Crippen LogP contribution >= 0.6 is 0 Å². The molecule has 0 saturated carbocycles. The van der Waals surface area contributed by atoms with Gasteiger partial charge in [0.1, 0.15) is 0 Å². The van der Waals surface area contributed by atoms with Gasteiger partial charge in [0, 0.05) is 21.9 Å². The van der Waals surface area contributed by atoms with Gasteiger partial charge in [0.25, 0.3) is 11.1 Å². The highest BCUT2D eigenvalue weighted by Gasteiger charge is 2.27. The molecular formula is C14H7NO2. The lowest BCUT2D eigenvalue weighted by atomic mass is 9.78. The van der Waals surface area contributed by atoms with Gasteiger partial charge in [-0.1, -0.05) is 24.3 Å². The first-order chi connectivity index (χ1) is 8.27. The summed E-state index contributed by atoms with van der Waals surface area (Å²) in [5, 5.41) is 1.18. The topological polar surface area (TPSA) is 49.9 Å². The average molecular weight is 221 g/mol. The SMILES string of the molecule is O=c1[nH]c(=O)c2ccc1c1c2-c2ccccc2-1. The summed E-state index contributed by atoms with van der Waals surface area (Å²) in [4.78, 5) is 26.0. The van der Waals surface area contributed by atoms with Gasteiger partial charge in [-0.15, -0.1) is 0 Å². The van der Waals surface area contributed by atoms with Crippen molar-refractivity contribution in [3.05, 3.63) is 57.1 Å². The van der Waals surface area contributed by atoms with Crippen molar-refractivity contribution in [3.8, 4) is 22.3 Å². The van der Waals surface area contributed by atoms with E-state index in [4.69, 9.17) is 0 Å². The lowest BCUT2D eigenvalue weighted by Gasteiger charge is -2.24. The molecule has 0 amide bonds. The first-order valence-corrected chi connectivity index (χ1v) is 5.40. The number of H-pyrrole nitrogens is 1. The minimum atomic E-state index is -0.305. The first-order valence-electron chi connectivity index (χ1n) is 5.40. The third kappa shape index (κ3) is 0.877. The lowest BCUT2D eigenvalue weighted by Crippen LogP contribution is -2.12. The summed E-state index contributed by atoms with van der Waals surface area (Å²) >= 11 is 0. The quantitative estimate of drug-likeness (QED) is 0.493. The highest BCUT2D eigenvalue weighted by atomic mass is 16.2. The van der Waals surface area contributed by atoms with Crippen LogP contribution in [0.3, 0.4) is 0 Å². The van der Waals surface area contributed by atoms with E-state index in [2.05, 4.69) is 4.98 Å². The molecule has 4 aromatic rings. The Kier molecular flexibility index (Phi) is 1.35. The molecular weight excluding hydrogens is 214 g/mol. The van der Waals surface area contributed by atoms with Crippen LogP contribution in [0.2, 0.25) is 0 Å². The van der Waals surface area contributed by atoms with E-state index in [1.165, 1.54) is 0 Å². The van der Waals surface area contributed by atoms with Gasteiger partial charge in [0.15, 0.2) is 0 Å². The van der Waals surface area contributed by atoms with Gasteiger partial charge in [-0.3, -0.25) is 14.6 Å². The number of nitrogens with one attached hydrogen (secondary N) is 1. The van der Waals surface area contributed by atoms with Gasteiger partial charge in [-0.25, -0.2) is 0 Å². The van der Waals surface area contributed by atoms with Crippen LogP contribution in [0.15, 0.2) is 46.0 Å². The minimum Gasteiger partial charge on any atom is -0.288 e. The van der Waals surface area contributed by atoms with Crippen LogP contribution in [-0.2, 0) is 0 Å². The normalized spacial score (nSPS) is 12.0. The van der Waals surface area contributed by atoms with Crippen LogP contribution in [0.4, 0.5) is 0 Å². The van der Waals surface area contributed by atoms with Crippen molar-refractivity contribution in [2.24, 2.45) is 0 Å². The number of rotatable bonds is 0. The molecule has 0 atom stereocenters. The predicted octanol–water partition coefficient (Wildman–Crippen LogP) is 1.97. The standard InChI is InChI=1S/C14H7NO2/c16-13-9-5-6-10(14(17)15-13)12-8-4-2-1-3-7(8)11(9)12/h1-6H,(H,15,16,17). The predicted molar refractivity (Wildman–Crippen MR) is 66.5 cm³/mol. The zero-order valence-electron chi connectivity index (χ0n) is 8.78. The zero-order chi connectivity index (χ0) is 11.6. The Morgan fingerprint density at radius 3 is 1.65 bits per heavy atom. The molecule has 0 unspecified atom stereocenters. The fourth-order valence-corrected chi connectivity index (χ4v) is 2.64. The third-order valence-electron chi connectivity index (χ3n) is 3.39. The molecule has 1 aliphatic carbocycles. The van der Waals surface area contributed by atoms with Crippen molar-refractivity contribution in [1.82, 2.24) is 4.98 Å². The smallest absolute Gasteiger partial charge is 0.258 e. The average Bonchev–Trinajstić information content (AvgIpc) is 2.50. The Morgan fingerprint density at radius 1 is 0.706 bits per heavy atom. The van der Waals surface area contributed by atoms with Crippen molar-refractivity contribution in [1.29, 1.82) is 0 Å². The van der Waals surface area contributed by atoms with Gasteiger partial charge in [0.05, 0.1) is 0 Å². The number of aromatic nitrogens is 1. The highest BCUT2D eigenvalue weighted by molar-refractivity contribution is 6.15. The van der Waals surface area contributed by atoms with E-state index in [9.17, 15) is 9.59 Å². The van der Waals surface area contributed by atoms with Gasteiger partial charge >= 0.3 is 0 Å². The zero-order valence-corrected chi connectivity index (χ0v) is 8.78. The van der Waals surface area contributed by atoms with Gasteiger partial charge in [-0.2, -0.15) is 0 Å². The van der Waals surface area contributed by atoms with E-state index in [0.717, 1.165) is 22.3 Å². The summed E-state index contributed by atoms with van der Waals surface area (Å²) in [6.07, 6.45) is 0. The van der Waals surface area contributed by atoms with E-state index in [0.29, 0.717) is 10.8 Å². The highest BCUT2D eigenvalue weighted by Crippen LogP contribution is 2.50. The summed E-state index contributed by atoms with van der Waals surface area (Å²) < 4.78 is 0. The van der Waals surface area contributed by atoms with Gasteiger partial charge in [0.2, 0.25) is 0 Å². The Labute approximate surface area is 95.7 Å². The number of benzene rings is 2. The second kappa shape index (κ2) is 2.63. The molecule has 1 aliphatic rings. The summed E-state index contributed by atoms with van der Waals surface area (Å²) in [5.74, 6) is 0. The molecule has 2 heterocycles. The lowest BCUT2D eigenvalue weighted by molar-refractivity contribution is 1.24. The Balaban J connectivity index is 2.36. The third-order valence-corrected chi connectivity index (χ3v) is 3.39. The molecule has 80 valence electrons. The number of aromatic amines is 1. The molecule has 0 aliphatic heterocycles. The van der Waals surface area contributed by atoms with Gasteiger partial charge in [-0.05, 0) is 23.3 Å². The van der Waals surface area contributed by atoms with E-state index in [-0.39, 0.29) is 11.1 Å². The molecule has 0 radical (unpaired) electrons. The second-order valence-electron chi connectivity index (χ2n) is 4.24. The maximum Gasteiger partial charge on any atom is 0.258 e. The number of fused-ring (bicyclic) bond motifs is 4. The molecule has 2 bridgehead atoms. The molecule has 2 aromatic carbocycles. The molecule has 17 heavy (non-hydrogen) atoms. The van der Waals surface area contributed by atoms with Gasteiger partial charge < -0.3 is 0 Å². The molecule has 5 rings (SSSR count). The molecule has 0 saturated heterocycles. The summed E-state index contributed by atoms with van der Waals surface area (Å²) in [5.41, 5.74) is 3.35. The Bertz CT molecular complexity index is 806. The fourth-order valence-electron chi connectivity index (χ4n) is 2.64. The summed E-state index contributed by atoms with van der Waals surface area (Å²) in [7, 11) is 0. The number of hydrogen-bond donors (Lipinski definition) is 1. The minimum absolute atomic E-state index is 0.305. The van der Waals surface area contributed by atoms with E-state index in [1.807, 2.05) is 24.3 Å². The van der Waals surface area contributed by atoms with Crippen LogP contribution < -0.4 is 11.1 Å².